The average molecular weight is 595 g/mol. The van der Waals surface area contributed by atoms with Gasteiger partial charge in [-0.1, -0.05) is 18.2 Å². The van der Waals surface area contributed by atoms with Crippen LogP contribution in [0.2, 0.25) is 0 Å². The van der Waals surface area contributed by atoms with Gasteiger partial charge < -0.3 is 20.5 Å². The molecule has 0 aromatic heterocycles. The Labute approximate surface area is 231 Å². The van der Waals surface area contributed by atoms with Crippen molar-refractivity contribution in [3.63, 3.8) is 0 Å². The number of ether oxygens (including phenoxy) is 1. The molecule has 0 saturated heterocycles. The van der Waals surface area contributed by atoms with E-state index in [0.717, 1.165) is 18.2 Å². The SMILES string of the molecule is COc1cc(F)c(-c2ccc(C(=O)O)cc2)cc1C(=O)N[C@H]1CC[C@H]1C(=O)Nc1cccc(S(=O)(=O)C(F)(F)F)c1. The molecule has 0 unspecified atom stereocenters. The molecular formula is C27H22F4N2O7S. The number of carbonyl (C=O) groups is 3. The fourth-order valence-corrected chi connectivity index (χ4v) is 5.06. The van der Waals surface area contributed by atoms with E-state index in [0.29, 0.717) is 24.5 Å². The maximum absolute atomic E-state index is 14.8. The maximum atomic E-state index is 14.8. The zero-order valence-electron chi connectivity index (χ0n) is 21.2. The smallest absolute Gasteiger partial charge is 0.496 e. The van der Waals surface area contributed by atoms with Gasteiger partial charge in [0, 0.05) is 23.4 Å². The number of carboxylic acid groups (broad SMARTS) is 1. The summed E-state index contributed by atoms with van der Waals surface area (Å²) in [6, 6.07) is 10.6. The van der Waals surface area contributed by atoms with E-state index in [-0.39, 0.29) is 28.1 Å². The minimum atomic E-state index is -5.62. The van der Waals surface area contributed by atoms with Crippen LogP contribution in [0.4, 0.5) is 23.2 Å². The van der Waals surface area contributed by atoms with Crippen LogP contribution in [0.5, 0.6) is 5.75 Å². The van der Waals surface area contributed by atoms with Crippen LogP contribution < -0.4 is 15.4 Å². The van der Waals surface area contributed by atoms with Gasteiger partial charge in [0.2, 0.25) is 5.91 Å². The summed E-state index contributed by atoms with van der Waals surface area (Å²) in [4.78, 5) is 36.0. The normalized spacial score (nSPS) is 16.8. The molecule has 1 saturated carbocycles. The Morgan fingerprint density at radius 3 is 2.24 bits per heavy atom. The van der Waals surface area contributed by atoms with Gasteiger partial charge >= 0.3 is 11.5 Å². The second-order valence-electron chi connectivity index (χ2n) is 9.14. The molecule has 41 heavy (non-hydrogen) atoms. The van der Waals surface area contributed by atoms with Crippen LogP contribution in [0.1, 0.15) is 33.6 Å². The van der Waals surface area contributed by atoms with Crippen molar-refractivity contribution in [2.75, 3.05) is 12.4 Å². The van der Waals surface area contributed by atoms with Gasteiger partial charge in [0.1, 0.15) is 11.6 Å². The van der Waals surface area contributed by atoms with Gasteiger partial charge in [0.25, 0.3) is 15.7 Å². The molecule has 0 radical (unpaired) electrons. The first-order valence-corrected chi connectivity index (χ1v) is 13.5. The molecule has 3 aromatic rings. The first kappa shape index (κ1) is 29.5. The predicted octanol–water partition coefficient (Wildman–Crippen LogP) is 4.64. The highest BCUT2D eigenvalue weighted by Crippen LogP contribution is 2.34. The topological polar surface area (TPSA) is 139 Å². The van der Waals surface area contributed by atoms with E-state index in [1.165, 1.54) is 43.5 Å². The van der Waals surface area contributed by atoms with Crippen LogP contribution in [0, 0.1) is 11.7 Å². The fraction of sp³-hybridized carbons (Fsp3) is 0.222. The number of methoxy groups -OCH3 is 1. The predicted molar refractivity (Wildman–Crippen MR) is 138 cm³/mol. The number of nitrogens with one attached hydrogen (secondary N) is 2. The van der Waals surface area contributed by atoms with Gasteiger partial charge in [-0.15, -0.1) is 0 Å². The molecule has 4 rings (SSSR count). The number of alkyl halides is 3. The molecule has 0 spiro atoms. The zero-order chi connectivity index (χ0) is 30.1. The number of halogens is 4. The molecule has 0 aliphatic heterocycles. The molecule has 3 aromatic carbocycles. The summed E-state index contributed by atoms with van der Waals surface area (Å²) in [6.45, 7) is 0. The van der Waals surface area contributed by atoms with Gasteiger partial charge in [-0.2, -0.15) is 13.2 Å². The van der Waals surface area contributed by atoms with Gasteiger partial charge in [-0.05, 0) is 54.8 Å². The van der Waals surface area contributed by atoms with Gasteiger partial charge in [-0.3, -0.25) is 9.59 Å². The molecule has 0 heterocycles. The van der Waals surface area contributed by atoms with E-state index in [4.69, 9.17) is 9.84 Å². The van der Waals surface area contributed by atoms with E-state index in [2.05, 4.69) is 10.6 Å². The van der Waals surface area contributed by atoms with Crippen LogP contribution in [0.25, 0.3) is 11.1 Å². The number of hydrogen-bond acceptors (Lipinski definition) is 6. The summed E-state index contributed by atoms with van der Waals surface area (Å²) in [5.74, 6) is -4.09. The molecule has 1 fully saturated rings. The molecule has 14 heteroatoms. The Bertz CT molecular complexity index is 1620. The standard InChI is InChI=1S/C27H22F4N2O7S/c1-40-23-13-21(28)19(14-5-7-15(8-6-14)26(36)37)12-20(23)25(35)33-22-10-9-18(22)24(34)32-16-3-2-4-17(11-16)41(38,39)27(29,30)31/h2-8,11-13,18,22H,9-10H2,1H3,(H,32,34)(H,33,35)(H,36,37)/t18-,22+/m1/s1. The molecule has 2 atom stereocenters. The number of rotatable bonds is 8. The Kier molecular flexibility index (Phi) is 8.06. The lowest BCUT2D eigenvalue weighted by molar-refractivity contribution is -0.123. The molecule has 1 aliphatic rings. The minimum Gasteiger partial charge on any atom is -0.496 e. The Morgan fingerprint density at radius 2 is 1.68 bits per heavy atom. The van der Waals surface area contributed by atoms with Crippen LogP contribution in [0.15, 0.2) is 65.6 Å². The molecule has 9 nitrogen and oxygen atoms in total. The lowest BCUT2D eigenvalue weighted by Crippen LogP contribution is -2.51. The van der Waals surface area contributed by atoms with Crippen molar-refractivity contribution in [1.82, 2.24) is 5.32 Å². The highest BCUT2D eigenvalue weighted by molar-refractivity contribution is 7.92. The summed E-state index contributed by atoms with van der Waals surface area (Å²) in [6.07, 6.45) is 0.721. The lowest BCUT2D eigenvalue weighted by atomic mass is 9.78. The average Bonchev–Trinajstić information content (AvgIpc) is 2.90. The summed E-state index contributed by atoms with van der Waals surface area (Å²) in [7, 11) is -4.38. The number of sulfone groups is 1. The first-order valence-electron chi connectivity index (χ1n) is 12.0. The molecule has 0 bridgehead atoms. The summed E-state index contributed by atoms with van der Waals surface area (Å²) >= 11 is 0. The van der Waals surface area contributed by atoms with E-state index in [1.54, 1.807) is 0 Å². The number of benzene rings is 3. The quantitative estimate of drug-likeness (QED) is 0.323. The van der Waals surface area contributed by atoms with Crippen LogP contribution in [-0.4, -0.2) is 50.0 Å². The van der Waals surface area contributed by atoms with Crippen molar-refractivity contribution in [3.8, 4) is 16.9 Å². The van der Waals surface area contributed by atoms with Crippen molar-refractivity contribution in [1.29, 1.82) is 0 Å². The summed E-state index contributed by atoms with van der Waals surface area (Å²) in [5.41, 5.74) is -5.44. The number of anilines is 1. The van der Waals surface area contributed by atoms with Gasteiger partial charge in [-0.25, -0.2) is 17.6 Å². The number of aromatic carboxylic acids is 1. The Hall–Kier alpha value is -4.46. The van der Waals surface area contributed by atoms with E-state index < -0.39 is 55.8 Å². The van der Waals surface area contributed by atoms with Crippen molar-refractivity contribution in [3.05, 3.63) is 77.6 Å². The highest BCUT2D eigenvalue weighted by Gasteiger charge is 2.47. The largest absolute Gasteiger partial charge is 0.501 e. The van der Waals surface area contributed by atoms with Crippen LogP contribution in [-0.2, 0) is 14.6 Å². The third kappa shape index (κ3) is 6.01. The molecule has 216 valence electrons. The summed E-state index contributed by atoms with van der Waals surface area (Å²) < 4.78 is 82.0. The second-order valence-corrected chi connectivity index (χ2v) is 11.1. The number of carboxylic acids is 1. The third-order valence-corrected chi connectivity index (χ3v) is 8.10. The van der Waals surface area contributed by atoms with Crippen molar-refractivity contribution in [2.45, 2.75) is 29.3 Å². The summed E-state index contributed by atoms with van der Waals surface area (Å²) in [5, 5.41) is 14.1. The van der Waals surface area contributed by atoms with Crippen molar-refractivity contribution in [2.24, 2.45) is 5.92 Å². The molecule has 1 aliphatic carbocycles. The van der Waals surface area contributed by atoms with E-state index in [9.17, 15) is 40.4 Å². The van der Waals surface area contributed by atoms with Gasteiger partial charge in [0.05, 0.1) is 29.1 Å². The Morgan fingerprint density at radius 1 is 1.00 bits per heavy atom. The van der Waals surface area contributed by atoms with Gasteiger partial charge in [0.15, 0.2) is 0 Å². The molecular weight excluding hydrogens is 572 g/mol. The zero-order valence-corrected chi connectivity index (χ0v) is 22.0. The fourth-order valence-electron chi connectivity index (χ4n) is 4.26. The second kappa shape index (κ2) is 11.2. The minimum absolute atomic E-state index is 0.00415. The number of carbonyl (C=O) groups excluding carboxylic acids is 2. The molecule has 2 amide bonds. The van der Waals surface area contributed by atoms with Crippen LogP contribution in [0.3, 0.4) is 0 Å². The first-order chi connectivity index (χ1) is 19.2. The van der Waals surface area contributed by atoms with Crippen molar-refractivity contribution >= 4 is 33.3 Å². The van der Waals surface area contributed by atoms with E-state index in [1.807, 2.05) is 0 Å². The van der Waals surface area contributed by atoms with Crippen LogP contribution >= 0.6 is 0 Å². The lowest BCUT2D eigenvalue weighted by Gasteiger charge is -2.36. The monoisotopic (exact) mass is 594 g/mol. The number of amides is 2. The highest BCUT2D eigenvalue weighted by atomic mass is 32.2. The number of hydrogen-bond donors (Lipinski definition) is 3. The Balaban J connectivity index is 1.50. The molecule has 3 N–H and O–H groups in total. The third-order valence-electron chi connectivity index (χ3n) is 6.62. The maximum Gasteiger partial charge on any atom is 0.501 e. The van der Waals surface area contributed by atoms with E-state index >= 15 is 0 Å². The van der Waals surface area contributed by atoms with Crippen molar-refractivity contribution < 1.29 is 50.2 Å².